The molecule has 0 spiro atoms. The van der Waals surface area contributed by atoms with E-state index in [4.69, 9.17) is 10.5 Å². The van der Waals surface area contributed by atoms with Gasteiger partial charge in [0.15, 0.2) is 0 Å². The molecule has 2 unspecified atom stereocenters. The maximum atomic E-state index is 5.73. The average Bonchev–Trinajstić information content (AvgIpc) is 2.73. The lowest BCUT2D eigenvalue weighted by Gasteiger charge is -2.18. The van der Waals surface area contributed by atoms with Crippen LogP contribution in [0, 0.1) is 5.92 Å². The van der Waals surface area contributed by atoms with Crippen LogP contribution in [0.3, 0.4) is 0 Å². The zero-order chi connectivity index (χ0) is 7.56. The third kappa shape index (κ3) is 1.58. The maximum absolute atomic E-state index is 5.73. The summed E-state index contributed by atoms with van der Waals surface area (Å²) >= 11 is 0. The third-order valence-electron chi connectivity index (χ3n) is 2.01. The maximum Gasteiger partial charge on any atom is 0.0785 e. The van der Waals surface area contributed by atoms with Crippen LogP contribution in [0.15, 0.2) is 12.7 Å². The highest BCUT2D eigenvalue weighted by Crippen LogP contribution is 2.35. The van der Waals surface area contributed by atoms with E-state index in [9.17, 15) is 0 Å². The highest BCUT2D eigenvalue weighted by Gasteiger charge is 2.33. The van der Waals surface area contributed by atoms with Gasteiger partial charge in [-0.3, -0.25) is 0 Å². The molecule has 0 aromatic rings. The van der Waals surface area contributed by atoms with Crippen LogP contribution < -0.4 is 5.73 Å². The summed E-state index contributed by atoms with van der Waals surface area (Å²) in [4.78, 5) is 0. The van der Waals surface area contributed by atoms with Gasteiger partial charge in [0.05, 0.1) is 6.10 Å². The summed E-state index contributed by atoms with van der Waals surface area (Å²) in [6.45, 7) is 3.63. The molecular weight excluding hydrogens is 126 g/mol. The van der Waals surface area contributed by atoms with Gasteiger partial charge >= 0.3 is 0 Å². The molecule has 1 aliphatic rings. The van der Waals surface area contributed by atoms with Gasteiger partial charge in [-0.05, 0) is 18.8 Å². The molecule has 1 fully saturated rings. The first-order valence-corrected chi connectivity index (χ1v) is 3.70. The fraction of sp³-hybridized carbons (Fsp3) is 0.750. The summed E-state index contributed by atoms with van der Waals surface area (Å²) in [5.41, 5.74) is 5.73. The van der Waals surface area contributed by atoms with Gasteiger partial charge in [0.2, 0.25) is 0 Å². The van der Waals surface area contributed by atoms with Crippen LogP contribution in [0.5, 0.6) is 0 Å². The summed E-state index contributed by atoms with van der Waals surface area (Å²) in [6, 6.07) is 0.0116. The summed E-state index contributed by atoms with van der Waals surface area (Å²) in [7, 11) is 1.71. The van der Waals surface area contributed by atoms with Crippen LogP contribution in [0.4, 0.5) is 0 Å². The van der Waals surface area contributed by atoms with E-state index >= 15 is 0 Å². The number of rotatable bonds is 4. The largest absolute Gasteiger partial charge is 0.379 e. The lowest BCUT2D eigenvalue weighted by atomic mass is 10.1. The molecule has 2 heteroatoms. The molecule has 0 aromatic heterocycles. The molecule has 58 valence electrons. The van der Waals surface area contributed by atoms with Crippen LogP contribution in [0.25, 0.3) is 0 Å². The Bertz CT molecular complexity index is 120. The van der Waals surface area contributed by atoms with E-state index in [-0.39, 0.29) is 12.1 Å². The average molecular weight is 141 g/mol. The number of ether oxygens (including phenoxy) is 1. The molecule has 1 aliphatic carbocycles. The van der Waals surface area contributed by atoms with Gasteiger partial charge in [-0.15, -0.1) is 6.58 Å². The van der Waals surface area contributed by atoms with Crippen molar-refractivity contribution in [1.29, 1.82) is 0 Å². The van der Waals surface area contributed by atoms with Crippen molar-refractivity contribution in [3.63, 3.8) is 0 Å². The minimum atomic E-state index is 0.0116. The predicted molar refractivity (Wildman–Crippen MR) is 41.7 cm³/mol. The molecule has 2 atom stereocenters. The van der Waals surface area contributed by atoms with Crippen molar-refractivity contribution >= 4 is 0 Å². The lowest BCUT2D eigenvalue weighted by molar-refractivity contribution is 0.0744. The van der Waals surface area contributed by atoms with Crippen molar-refractivity contribution in [2.45, 2.75) is 25.0 Å². The van der Waals surface area contributed by atoms with E-state index in [1.54, 1.807) is 13.2 Å². The first-order chi connectivity index (χ1) is 4.79. The number of hydrogen-bond acceptors (Lipinski definition) is 2. The summed E-state index contributed by atoms with van der Waals surface area (Å²) < 4.78 is 5.23. The van der Waals surface area contributed by atoms with Crippen molar-refractivity contribution in [2.75, 3.05) is 7.11 Å². The lowest BCUT2D eigenvalue weighted by Crippen LogP contribution is -2.35. The SMILES string of the molecule is C=CC(N)C(OC)C1CC1. The molecule has 0 aliphatic heterocycles. The Kier molecular flexibility index (Phi) is 2.46. The standard InChI is InChI=1S/C8H15NO/c1-3-7(9)8(10-2)6-4-5-6/h3,6-8H,1,4-5,9H2,2H3. The van der Waals surface area contributed by atoms with Gasteiger partial charge in [-0.25, -0.2) is 0 Å². The Morgan fingerprint density at radius 3 is 2.60 bits per heavy atom. The first-order valence-electron chi connectivity index (χ1n) is 3.70. The zero-order valence-electron chi connectivity index (χ0n) is 6.42. The van der Waals surface area contributed by atoms with E-state index in [1.807, 2.05) is 0 Å². The Labute approximate surface area is 62.1 Å². The monoisotopic (exact) mass is 141 g/mol. The van der Waals surface area contributed by atoms with Crippen LogP contribution >= 0.6 is 0 Å². The number of nitrogens with two attached hydrogens (primary N) is 1. The summed E-state index contributed by atoms with van der Waals surface area (Å²) in [5.74, 6) is 0.693. The van der Waals surface area contributed by atoms with Gasteiger partial charge < -0.3 is 10.5 Å². The molecule has 2 N–H and O–H groups in total. The highest BCUT2D eigenvalue weighted by atomic mass is 16.5. The highest BCUT2D eigenvalue weighted by molar-refractivity contribution is 4.96. The van der Waals surface area contributed by atoms with Gasteiger partial charge in [0, 0.05) is 13.2 Å². The van der Waals surface area contributed by atoms with Crippen LogP contribution in [0.1, 0.15) is 12.8 Å². The molecular formula is C8H15NO. The smallest absolute Gasteiger partial charge is 0.0785 e. The number of methoxy groups -OCH3 is 1. The molecule has 0 amide bonds. The van der Waals surface area contributed by atoms with Crippen LogP contribution in [-0.2, 0) is 4.74 Å². The second-order valence-electron chi connectivity index (χ2n) is 2.85. The Morgan fingerprint density at radius 1 is 1.70 bits per heavy atom. The van der Waals surface area contributed by atoms with E-state index in [0.29, 0.717) is 5.92 Å². The van der Waals surface area contributed by atoms with E-state index in [0.717, 1.165) is 0 Å². The molecule has 0 heterocycles. The molecule has 1 saturated carbocycles. The summed E-state index contributed by atoms with van der Waals surface area (Å²) in [5, 5.41) is 0. The second-order valence-corrected chi connectivity index (χ2v) is 2.85. The fourth-order valence-electron chi connectivity index (χ4n) is 1.22. The fourth-order valence-corrected chi connectivity index (χ4v) is 1.22. The van der Waals surface area contributed by atoms with Crippen molar-refractivity contribution in [3.8, 4) is 0 Å². The molecule has 2 nitrogen and oxygen atoms in total. The van der Waals surface area contributed by atoms with Crippen molar-refractivity contribution in [1.82, 2.24) is 0 Å². The third-order valence-corrected chi connectivity index (χ3v) is 2.01. The van der Waals surface area contributed by atoms with E-state index < -0.39 is 0 Å². The first kappa shape index (κ1) is 7.76. The minimum Gasteiger partial charge on any atom is -0.379 e. The van der Waals surface area contributed by atoms with Crippen LogP contribution in [-0.4, -0.2) is 19.3 Å². The molecule has 0 radical (unpaired) electrons. The Morgan fingerprint density at radius 2 is 2.30 bits per heavy atom. The van der Waals surface area contributed by atoms with Gasteiger partial charge in [0.25, 0.3) is 0 Å². The Balaban J connectivity index is 2.37. The van der Waals surface area contributed by atoms with Gasteiger partial charge in [-0.1, -0.05) is 6.08 Å². The molecule has 0 bridgehead atoms. The van der Waals surface area contributed by atoms with Crippen molar-refractivity contribution in [2.24, 2.45) is 11.7 Å². The van der Waals surface area contributed by atoms with Gasteiger partial charge in [0.1, 0.15) is 0 Å². The topological polar surface area (TPSA) is 35.2 Å². The van der Waals surface area contributed by atoms with Gasteiger partial charge in [-0.2, -0.15) is 0 Å². The molecule has 1 rings (SSSR count). The Hall–Kier alpha value is -0.340. The quantitative estimate of drug-likeness (QED) is 0.591. The summed E-state index contributed by atoms with van der Waals surface area (Å²) in [6.07, 6.45) is 4.49. The normalized spacial score (nSPS) is 23.8. The van der Waals surface area contributed by atoms with E-state index in [2.05, 4.69) is 6.58 Å². The number of hydrogen-bond donors (Lipinski definition) is 1. The van der Waals surface area contributed by atoms with Crippen LogP contribution in [0.2, 0.25) is 0 Å². The minimum absolute atomic E-state index is 0.0116. The predicted octanol–water partition coefficient (Wildman–Crippen LogP) is 0.925. The molecule has 0 aromatic carbocycles. The van der Waals surface area contributed by atoms with Crippen molar-refractivity contribution in [3.05, 3.63) is 12.7 Å². The molecule has 0 saturated heterocycles. The zero-order valence-corrected chi connectivity index (χ0v) is 6.42. The second kappa shape index (κ2) is 3.17. The molecule has 10 heavy (non-hydrogen) atoms. The van der Waals surface area contributed by atoms with Crippen molar-refractivity contribution < 1.29 is 4.74 Å². The van der Waals surface area contributed by atoms with E-state index in [1.165, 1.54) is 12.8 Å².